The Morgan fingerprint density at radius 2 is 2.12 bits per heavy atom. The smallest absolute Gasteiger partial charge is 0.234 e. The van der Waals surface area contributed by atoms with Gasteiger partial charge in [0.25, 0.3) is 0 Å². The Balaban J connectivity index is 3.89. The Kier molecular flexibility index (Phi) is 8.47. The molecule has 0 aliphatic heterocycles. The van der Waals surface area contributed by atoms with E-state index in [0.29, 0.717) is 24.8 Å². The fourth-order valence-corrected chi connectivity index (χ4v) is 2.68. The first-order valence-corrected chi connectivity index (χ1v) is 7.29. The molecule has 0 spiro atoms. The van der Waals surface area contributed by atoms with Gasteiger partial charge in [-0.15, -0.1) is 0 Å². The molecule has 0 saturated heterocycles. The van der Waals surface area contributed by atoms with Crippen molar-refractivity contribution in [2.75, 3.05) is 31.6 Å². The van der Waals surface area contributed by atoms with Gasteiger partial charge in [-0.25, -0.2) is 0 Å². The van der Waals surface area contributed by atoms with E-state index >= 15 is 0 Å². The maximum absolute atomic E-state index is 11.6. The lowest BCUT2D eigenvalue weighted by atomic mass is 10.2. The molecular formula is C11H24N2O2S. The number of nitrogens with two attached hydrogens (primary N) is 1. The lowest BCUT2D eigenvalue weighted by Crippen LogP contribution is -2.33. The molecule has 0 fully saturated rings. The van der Waals surface area contributed by atoms with E-state index in [1.807, 2.05) is 0 Å². The zero-order valence-corrected chi connectivity index (χ0v) is 11.4. The summed E-state index contributed by atoms with van der Waals surface area (Å²) in [5, 5.41) is 0. The quantitative estimate of drug-likeness (QED) is 0.684. The van der Waals surface area contributed by atoms with Crippen LogP contribution in [0.1, 0.15) is 26.7 Å². The Hall–Kier alpha value is -0.420. The van der Waals surface area contributed by atoms with Gasteiger partial charge in [-0.2, -0.15) is 0 Å². The van der Waals surface area contributed by atoms with E-state index in [-0.39, 0.29) is 11.7 Å². The van der Waals surface area contributed by atoms with Crippen LogP contribution in [-0.4, -0.2) is 46.7 Å². The van der Waals surface area contributed by atoms with Crippen molar-refractivity contribution in [3.05, 3.63) is 0 Å². The minimum Gasteiger partial charge on any atom is -0.345 e. The molecule has 1 amide bonds. The molecular weight excluding hydrogens is 224 g/mol. The number of nitrogens with zero attached hydrogens (tertiary/aromatic N) is 1. The lowest BCUT2D eigenvalue weighted by Gasteiger charge is -2.16. The van der Waals surface area contributed by atoms with Gasteiger partial charge >= 0.3 is 0 Å². The third-order valence-corrected chi connectivity index (χ3v) is 4.08. The van der Waals surface area contributed by atoms with Gasteiger partial charge in [-0.05, 0) is 18.9 Å². The topological polar surface area (TPSA) is 63.4 Å². The zero-order chi connectivity index (χ0) is 12.6. The summed E-state index contributed by atoms with van der Waals surface area (Å²) < 4.78 is 11.6. The van der Waals surface area contributed by atoms with Crippen LogP contribution in [0.4, 0.5) is 0 Å². The van der Waals surface area contributed by atoms with E-state index in [2.05, 4.69) is 13.8 Å². The predicted octanol–water partition coefficient (Wildman–Crippen LogP) is 0.588. The minimum atomic E-state index is -1.03. The molecule has 0 rings (SSSR count). The first-order valence-electron chi connectivity index (χ1n) is 5.80. The van der Waals surface area contributed by atoms with Gasteiger partial charge in [-0.1, -0.05) is 20.3 Å². The normalized spacial score (nSPS) is 14.5. The van der Waals surface area contributed by atoms with E-state index in [0.717, 1.165) is 12.8 Å². The van der Waals surface area contributed by atoms with Crippen molar-refractivity contribution >= 4 is 16.7 Å². The zero-order valence-electron chi connectivity index (χ0n) is 10.6. The fourth-order valence-electron chi connectivity index (χ4n) is 1.20. The second-order valence-corrected chi connectivity index (χ2v) is 5.72. The van der Waals surface area contributed by atoms with Crippen molar-refractivity contribution in [1.82, 2.24) is 4.90 Å². The molecule has 0 bridgehead atoms. The van der Waals surface area contributed by atoms with Crippen LogP contribution in [0.2, 0.25) is 0 Å². The molecule has 0 aromatic rings. The summed E-state index contributed by atoms with van der Waals surface area (Å²) >= 11 is 0. The number of rotatable bonds is 8. The third kappa shape index (κ3) is 6.95. The van der Waals surface area contributed by atoms with E-state index in [4.69, 9.17) is 5.73 Å². The molecule has 0 aromatic heterocycles. The molecule has 16 heavy (non-hydrogen) atoms. The predicted molar refractivity (Wildman–Crippen MR) is 68.6 cm³/mol. The maximum atomic E-state index is 11.6. The summed E-state index contributed by atoms with van der Waals surface area (Å²) in [4.78, 5) is 13.2. The lowest BCUT2D eigenvalue weighted by molar-refractivity contribution is -0.127. The highest BCUT2D eigenvalue weighted by atomic mass is 32.2. The highest BCUT2D eigenvalue weighted by Crippen LogP contribution is 2.03. The van der Waals surface area contributed by atoms with E-state index in [1.54, 1.807) is 11.9 Å². The number of hydrogen-bond acceptors (Lipinski definition) is 3. The summed E-state index contributed by atoms with van der Waals surface area (Å²) in [5.41, 5.74) is 5.36. The highest BCUT2D eigenvalue weighted by Gasteiger charge is 2.14. The first-order chi connectivity index (χ1) is 7.51. The Morgan fingerprint density at radius 3 is 2.62 bits per heavy atom. The van der Waals surface area contributed by atoms with Crippen LogP contribution in [0.15, 0.2) is 0 Å². The molecule has 0 heterocycles. The van der Waals surface area contributed by atoms with Gasteiger partial charge in [0.05, 0.1) is 0 Å². The van der Waals surface area contributed by atoms with Crippen LogP contribution < -0.4 is 5.73 Å². The van der Waals surface area contributed by atoms with Gasteiger partial charge in [0.15, 0.2) is 0 Å². The monoisotopic (exact) mass is 248 g/mol. The average Bonchev–Trinajstić information content (AvgIpc) is 2.25. The maximum Gasteiger partial charge on any atom is 0.234 e. The van der Waals surface area contributed by atoms with Crippen LogP contribution in [0.25, 0.3) is 0 Å². The summed E-state index contributed by atoms with van der Waals surface area (Å²) in [6, 6.07) is 0. The third-order valence-electron chi connectivity index (χ3n) is 2.58. The van der Waals surface area contributed by atoms with Crippen LogP contribution in [0, 0.1) is 5.92 Å². The molecule has 5 heteroatoms. The molecule has 0 radical (unpaired) electrons. The van der Waals surface area contributed by atoms with Crippen molar-refractivity contribution in [2.24, 2.45) is 11.7 Å². The molecule has 0 aliphatic rings. The molecule has 0 saturated carbocycles. The van der Waals surface area contributed by atoms with E-state index < -0.39 is 10.8 Å². The molecule has 96 valence electrons. The number of amides is 1. The second-order valence-electron chi connectivity index (χ2n) is 4.22. The summed E-state index contributed by atoms with van der Waals surface area (Å²) in [5.74, 6) is 1.14. The second kappa shape index (κ2) is 8.70. The Labute approximate surface area is 101 Å². The number of hydrogen-bond donors (Lipinski definition) is 1. The standard InChI is InChI=1S/C11H24N2O2S/c1-4-10(2)8-16(15)9-11(14)13(3)7-5-6-12/h10H,4-9,12H2,1-3H3. The first kappa shape index (κ1) is 15.6. The van der Waals surface area contributed by atoms with E-state index in [1.165, 1.54) is 0 Å². The fraction of sp³-hybridized carbons (Fsp3) is 0.909. The molecule has 2 atom stereocenters. The van der Waals surface area contributed by atoms with Gasteiger partial charge in [-0.3, -0.25) is 9.00 Å². The molecule has 2 N–H and O–H groups in total. The number of carbonyl (C=O) groups excluding carboxylic acids is 1. The van der Waals surface area contributed by atoms with Gasteiger partial charge in [0.1, 0.15) is 5.75 Å². The Morgan fingerprint density at radius 1 is 1.50 bits per heavy atom. The van der Waals surface area contributed by atoms with Crippen LogP contribution in [-0.2, 0) is 15.6 Å². The van der Waals surface area contributed by atoms with Crippen molar-refractivity contribution in [3.63, 3.8) is 0 Å². The van der Waals surface area contributed by atoms with Crippen molar-refractivity contribution in [2.45, 2.75) is 26.7 Å². The summed E-state index contributed by atoms with van der Waals surface area (Å²) in [6.45, 7) is 5.35. The van der Waals surface area contributed by atoms with Crippen molar-refractivity contribution in [1.29, 1.82) is 0 Å². The van der Waals surface area contributed by atoms with E-state index in [9.17, 15) is 9.00 Å². The molecule has 4 nitrogen and oxygen atoms in total. The van der Waals surface area contributed by atoms with Crippen LogP contribution in [0.5, 0.6) is 0 Å². The van der Waals surface area contributed by atoms with Crippen molar-refractivity contribution < 1.29 is 9.00 Å². The van der Waals surface area contributed by atoms with Crippen LogP contribution in [0.3, 0.4) is 0 Å². The van der Waals surface area contributed by atoms with Gasteiger partial charge < -0.3 is 10.6 Å². The molecule has 0 aromatic carbocycles. The Bertz CT molecular complexity index is 234. The summed E-state index contributed by atoms with van der Waals surface area (Å²) in [7, 11) is 0.706. The molecule has 2 unspecified atom stereocenters. The minimum absolute atomic E-state index is 0.0462. The largest absolute Gasteiger partial charge is 0.345 e. The highest BCUT2D eigenvalue weighted by molar-refractivity contribution is 7.85. The SMILES string of the molecule is CCC(C)CS(=O)CC(=O)N(C)CCCN. The van der Waals surface area contributed by atoms with Gasteiger partial charge in [0, 0.05) is 30.1 Å². The van der Waals surface area contributed by atoms with Crippen molar-refractivity contribution in [3.8, 4) is 0 Å². The van der Waals surface area contributed by atoms with Crippen LogP contribution >= 0.6 is 0 Å². The number of carbonyl (C=O) groups is 1. The molecule has 0 aliphatic carbocycles. The summed E-state index contributed by atoms with van der Waals surface area (Å²) in [6.07, 6.45) is 1.79. The van der Waals surface area contributed by atoms with Gasteiger partial charge in [0.2, 0.25) is 5.91 Å². The average molecular weight is 248 g/mol.